The molecule has 4 aliphatic rings. The van der Waals surface area contributed by atoms with E-state index in [-0.39, 0.29) is 48.6 Å². The van der Waals surface area contributed by atoms with Crippen LogP contribution in [0.1, 0.15) is 40.5 Å². The second-order valence-corrected chi connectivity index (χ2v) is 7.27. The lowest BCUT2D eigenvalue weighted by molar-refractivity contribution is -0.181. The Hall–Kier alpha value is -0.900. The van der Waals surface area contributed by atoms with Crippen molar-refractivity contribution in [2.45, 2.75) is 88.7 Å². The molecule has 8 nitrogen and oxygen atoms in total. The van der Waals surface area contributed by atoms with E-state index in [1.807, 2.05) is 13.8 Å². The molecule has 0 unspecified atom stereocenters. The Morgan fingerprint density at radius 2 is 1.15 bits per heavy atom. The summed E-state index contributed by atoms with van der Waals surface area (Å²) in [4.78, 5) is 22.6. The van der Waals surface area contributed by atoms with Crippen LogP contribution in [0.5, 0.6) is 0 Å². The summed E-state index contributed by atoms with van der Waals surface area (Å²) < 4.78 is 31.9. The molecule has 4 rings (SSSR count). The summed E-state index contributed by atoms with van der Waals surface area (Å²) in [6.45, 7) is 6.80. The van der Waals surface area contributed by atoms with Gasteiger partial charge in [0, 0.05) is 27.1 Å². The molecular formula is C18H28O8. The van der Waals surface area contributed by atoms with Crippen LogP contribution in [-0.4, -0.2) is 74.0 Å². The average molecular weight is 372 g/mol. The summed E-state index contributed by atoms with van der Waals surface area (Å²) in [5, 5.41) is 0. The van der Waals surface area contributed by atoms with E-state index < -0.39 is 11.2 Å². The Labute approximate surface area is 153 Å². The first-order chi connectivity index (χ1) is 12.2. The summed E-state index contributed by atoms with van der Waals surface area (Å²) in [6, 6.07) is 0. The van der Waals surface area contributed by atoms with Gasteiger partial charge in [0.25, 0.3) is 0 Å². The van der Waals surface area contributed by atoms with Crippen molar-refractivity contribution >= 4 is 11.6 Å². The predicted octanol–water partition coefficient (Wildman–Crippen LogP) is 0.989. The number of hydrogen-bond donors (Lipinski definition) is 0. The quantitative estimate of drug-likeness (QED) is 0.674. The highest BCUT2D eigenvalue weighted by Gasteiger charge is 2.68. The molecule has 4 saturated heterocycles. The number of rotatable bonds is 4. The van der Waals surface area contributed by atoms with Crippen LogP contribution in [0.2, 0.25) is 0 Å². The van der Waals surface area contributed by atoms with E-state index in [9.17, 15) is 9.59 Å². The highest BCUT2D eigenvalue weighted by atomic mass is 16.7. The highest BCUT2D eigenvalue weighted by molar-refractivity contribution is 5.89. The fraction of sp³-hybridized carbons (Fsp3) is 0.889. The predicted molar refractivity (Wildman–Crippen MR) is 88.5 cm³/mol. The Morgan fingerprint density at radius 1 is 0.808 bits per heavy atom. The minimum atomic E-state index is -0.658. The molecule has 4 heterocycles. The lowest BCUT2D eigenvalue weighted by atomic mass is 9.91. The summed E-state index contributed by atoms with van der Waals surface area (Å²) in [6.07, 6.45) is 0.450. The molecule has 148 valence electrons. The van der Waals surface area contributed by atoms with E-state index in [2.05, 4.69) is 0 Å². The highest BCUT2D eigenvalue weighted by Crippen LogP contribution is 2.49. The molecule has 0 aliphatic carbocycles. The second-order valence-electron chi connectivity index (χ2n) is 7.27. The number of ether oxygens (including phenoxy) is 6. The van der Waals surface area contributed by atoms with Gasteiger partial charge in [-0.1, -0.05) is 0 Å². The van der Waals surface area contributed by atoms with E-state index in [4.69, 9.17) is 28.4 Å². The number of ketones is 2. The van der Waals surface area contributed by atoms with Gasteiger partial charge in [0.2, 0.25) is 0 Å². The zero-order valence-electron chi connectivity index (χ0n) is 16.1. The van der Waals surface area contributed by atoms with Crippen LogP contribution in [-0.2, 0) is 38.0 Å². The van der Waals surface area contributed by atoms with Gasteiger partial charge in [-0.25, -0.2) is 0 Å². The van der Waals surface area contributed by atoms with Crippen LogP contribution in [0.25, 0.3) is 0 Å². The van der Waals surface area contributed by atoms with Crippen molar-refractivity contribution in [3.05, 3.63) is 0 Å². The van der Waals surface area contributed by atoms with Crippen molar-refractivity contribution in [1.29, 1.82) is 0 Å². The van der Waals surface area contributed by atoms with Gasteiger partial charge in [0.15, 0.2) is 35.3 Å². The van der Waals surface area contributed by atoms with Crippen molar-refractivity contribution < 1.29 is 38.0 Å². The standard InChI is InChI=1S/2C9H14O4/c2*1-5(10)9-6(2)12-8(11-3)4-7(9)13-9/h2*6-8H,4H2,1-3H3/t2*6-,7-,8+,9+/m00/s1. The summed E-state index contributed by atoms with van der Waals surface area (Å²) in [5.41, 5.74) is -1.32. The molecule has 4 fully saturated rings. The number of epoxide rings is 2. The van der Waals surface area contributed by atoms with Crippen LogP contribution >= 0.6 is 0 Å². The fourth-order valence-corrected chi connectivity index (χ4v) is 4.18. The number of carbonyl (C=O) groups excluding carboxylic acids is 2. The SMILES string of the molecule is CO[C@H]1C[C@@H]2O[C@]2(C(C)=O)[C@H](C)O1.CO[C@H]1C[C@@H]2O[C@]2(C(C)=O)[C@H](C)O1. The molecule has 0 radical (unpaired) electrons. The molecule has 0 amide bonds. The lowest BCUT2D eigenvalue weighted by Gasteiger charge is -2.28. The molecule has 0 aromatic carbocycles. The van der Waals surface area contributed by atoms with E-state index >= 15 is 0 Å². The first-order valence-electron chi connectivity index (χ1n) is 8.96. The molecule has 0 saturated carbocycles. The summed E-state index contributed by atoms with van der Waals surface area (Å²) in [7, 11) is 3.20. The molecule has 8 atom stereocenters. The van der Waals surface area contributed by atoms with E-state index in [0.717, 1.165) is 0 Å². The molecule has 0 aromatic rings. The molecule has 0 N–H and O–H groups in total. The minimum Gasteiger partial charge on any atom is -0.356 e. The summed E-state index contributed by atoms with van der Waals surface area (Å²) in [5.74, 6) is 0.110. The van der Waals surface area contributed by atoms with Gasteiger partial charge in [-0.2, -0.15) is 0 Å². The maximum absolute atomic E-state index is 11.3. The number of methoxy groups -OCH3 is 2. The van der Waals surface area contributed by atoms with Gasteiger partial charge in [0.05, 0.1) is 12.2 Å². The normalized spacial score (nSPS) is 48.4. The van der Waals surface area contributed by atoms with Crippen molar-refractivity contribution in [2.75, 3.05) is 14.2 Å². The largest absolute Gasteiger partial charge is 0.356 e. The molecule has 8 heteroatoms. The number of hydrogen-bond acceptors (Lipinski definition) is 8. The monoisotopic (exact) mass is 372 g/mol. The van der Waals surface area contributed by atoms with Crippen LogP contribution in [0.4, 0.5) is 0 Å². The zero-order chi connectivity index (χ0) is 19.3. The average Bonchev–Trinajstić information content (AvgIpc) is 3.47. The molecule has 26 heavy (non-hydrogen) atoms. The van der Waals surface area contributed by atoms with Crippen LogP contribution in [0, 0.1) is 0 Å². The topological polar surface area (TPSA) is 96.1 Å². The summed E-state index contributed by atoms with van der Waals surface area (Å²) >= 11 is 0. The Morgan fingerprint density at radius 3 is 1.38 bits per heavy atom. The van der Waals surface area contributed by atoms with Crippen molar-refractivity contribution in [1.82, 2.24) is 0 Å². The number of carbonyl (C=O) groups is 2. The Bertz CT molecular complexity index is 530. The lowest BCUT2D eigenvalue weighted by Crippen LogP contribution is -2.46. The van der Waals surface area contributed by atoms with Crippen molar-refractivity contribution in [3.8, 4) is 0 Å². The first kappa shape index (κ1) is 19.9. The van der Waals surface area contributed by atoms with E-state index in [1.54, 1.807) is 28.1 Å². The Kier molecular flexibility index (Phi) is 5.29. The van der Waals surface area contributed by atoms with Gasteiger partial charge < -0.3 is 28.4 Å². The van der Waals surface area contributed by atoms with E-state index in [0.29, 0.717) is 12.8 Å². The second kappa shape index (κ2) is 6.92. The third-order valence-corrected chi connectivity index (χ3v) is 5.88. The Balaban J connectivity index is 0.000000151. The number of Topliss-reactive ketones (excluding diaryl/α,β-unsaturated/α-hetero) is 2. The van der Waals surface area contributed by atoms with Crippen molar-refractivity contribution in [2.24, 2.45) is 0 Å². The van der Waals surface area contributed by atoms with Crippen LogP contribution < -0.4 is 0 Å². The third kappa shape index (κ3) is 3.02. The number of fused-ring (bicyclic) bond motifs is 2. The molecule has 0 spiro atoms. The van der Waals surface area contributed by atoms with Gasteiger partial charge in [-0.05, 0) is 27.7 Å². The van der Waals surface area contributed by atoms with Gasteiger partial charge in [-0.3, -0.25) is 9.59 Å². The first-order valence-corrected chi connectivity index (χ1v) is 8.96. The molecule has 4 aliphatic heterocycles. The molecular weight excluding hydrogens is 344 g/mol. The van der Waals surface area contributed by atoms with E-state index in [1.165, 1.54) is 0 Å². The van der Waals surface area contributed by atoms with Crippen LogP contribution in [0.15, 0.2) is 0 Å². The van der Waals surface area contributed by atoms with Gasteiger partial charge in [0.1, 0.15) is 12.2 Å². The molecule has 0 bridgehead atoms. The maximum Gasteiger partial charge on any atom is 0.178 e. The van der Waals surface area contributed by atoms with Gasteiger partial charge >= 0.3 is 0 Å². The third-order valence-electron chi connectivity index (χ3n) is 5.88. The van der Waals surface area contributed by atoms with Gasteiger partial charge in [-0.15, -0.1) is 0 Å². The smallest absolute Gasteiger partial charge is 0.178 e. The zero-order valence-corrected chi connectivity index (χ0v) is 16.1. The minimum absolute atomic E-state index is 0.00120. The van der Waals surface area contributed by atoms with Crippen LogP contribution in [0.3, 0.4) is 0 Å². The maximum atomic E-state index is 11.3. The fourth-order valence-electron chi connectivity index (χ4n) is 4.18. The molecule has 0 aromatic heterocycles. The van der Waals surface area contributed by atoms with Crippen molar-refractivity contribution in [3.63, 3.8) is 0 Å².